The first-order valence-corrected chi connectivity index (χ1v) is 4.33. The van der Waals surface area contributed by atoms with Crippen LogP contribution in [0.25, 0.3) is 0 Å². The van der Waals surface area contributed by atoms with Gasteiger partial charge in [0, 0.05) is 6.54 Å². The van der Waals surface area contributed by atoms with Crippen molar-refractivity contribution in [2.75, 3.05) is 14.1 Å². The molecule has 1 aromatic carbocycles. The number of rotatable bonds is 3. The fraction of sp³-hybridized carbons (Fsp3) is 0.333. The molecule has 1 nitrogen and oxygen atoms in total. The number of nitrogens with zero attached hydrogens (tertiary/aromatic N) is 1. The van der Waals surface area contributed by atoms with Gasteiger partial charge in [-0.3, -0.25) is 0 Å². The Bertz CT molecular complexity index is 292. The SMILES string of the molecule is CN(C)Cc1ccc([B-](F)(F)F)cc1. The maximum Gasteiger partial charge on any atom is 0.509 e. The minimum Gasteiger partial charge on any atom is -0.445 e. The number of halogens is 3. The van der Waals surface area contributed by atoms with E-state index in [0.29, 0.717) is 6.54 Å². The second kappa shape index (κ2) is 4.04. The summed E-state index contributed by atoms with van der Waals surface area (Å²) in [7, 11) is 3.75. The lowest BCUT2D eigenvalue weighted by Gasteiger charge is -2.16. The summed E-state index contributed by atoms with van der Waals surface area (Å²) in [6.07, 6.45) is 0. The van der Waals surface area contributed by atoms with Gasteiger partial charge in [-0.15, -0.1) is 5.46 Å². The van der Waals surface area contributed by atoms with Crippen molar-refractivity contribution in [3.63, 3.8) is 0 Å². The Kier molecular flexibility index (Phi) is 3.21. The molecule has 0 aliphatic rings. The lowest BCUT2D eigenvalue weighted by Crippen LogP contribution is -2.33. The molecule has 0 heterocycles. The van der Waals surface area contributed by atoms with Crippen LogP contribution in [-0.2, 0) is 6.54 Å². The lowest BCUT2D eigenvalue weighted by atomic mass is 9.80. The van der Waals surface area contributed by atoms with Crippen LogP contribution in [-0.4, -0.2) is 26.0 Å². The molecular weight excluding hydrogens is 190 g/mol. The van der Waals surface area contributed by atoms with E-state index in [0.717, 1.165) is 17.7 Å². The van der Waals surface area contributed by atoms with Gasteiger partial charge in [0.25, 0.3) is 0 Å². The second-order valence-electron chi connectivity index (χ2n) is 3.55. The van der Waals surface area contributed by atoms with Crippen molar-refractivity contribution in [2.45, 2.75) is 6.54 Å². The highest BCUT2D eigenvalue weighted by molar-refractivity contribution is 6.73. The van der Waals surface area contributed by atoms with E-state index in [1.807, 2.05) is 19.0 Å². The summed E-state index contributed by atoms with van der Waals surface area (Å²) in [5.74, 6) is 0. The van der Waals surface area contributed by atoms with Crippen molar-refractivity contribution in [3.05, 3.63) is 29.8 Å². The molecule has 0 atom stereocenters. The molecule has 14 heavy (non-hydrogen) atoms. The zero-order valence-corrected chi connectivity index (χ0v) is 8.17. The summed E-state index contributed by atoms with van der Waals surface area (Å²) in [5, 5.41) is 0. The van der Waals surface area contributed by atoms with Crippen molar-refractivity contribution in [1.29, 1.82) is 0 Å². The molecule has 0 aliphatic carbocycles. The van der Waals surface area contributed by atoms with Crippen LogP contribution in [0, 0.1) is 0 Å². The van der Waals surface area contributed by atoms with Crippen molar-refractivity contribution in [3.8, 4) is 0 Å². The van der Waals surface area contributed by atoms with E-state index >= 15 is 0 Å². The summed E-state index contributed by atoms with van der Waals surface area (Å²) in [6, 6.07) is 5.31. The Morgan fingerprint density at radius 3 is 1.93 bits per heavy atom. The van der Waals surface area contributed by atoms with Crippen LogP contribution in [0.4, 0.5) is 12.9 Å². The molecule has 0 amide bonds. The van der Waals surface area contributed by atoms with E-state index in [4.69, 9.17) is 0 Å². The largest absolute Gasteiger partial charge is 0.509 e. The highest BCUT2D eigenvalue weighted by atomic mass is 19.4. The number of benzene rings is 1. The highest BCUT2D eigenvalue weighted by Gasteiger charge is 2.24. The van der Waals surface area contributed by atoms with Gasteiger partial charge >= 0.3 is 6.98 Å². The van der Waals surface area contributed by atoms with Crippen LogP contribution in [0.5, 0.6) is 0 Å². The first kappa shape index (κ1) is 11.1. The predicted octanol–water partition coefficient (Wildman–Crippen LogP) is 1.80. The Labute approximate surface area is 81.6 Å². The van der Waals surface area contributed by atoms with Crippen LogP contribution in [0.3, 0.4) is 0 Å². The van der Waals surface area contributed by atoms with Crippen LogP contribution in [0.15, 0.2) is 24.3 Å². The molecule has 0 bridgehead atoms. The maximum atomic E-state index is 12.2. The predicted molar refractivity (Wildman–Crippen MR) is 52.5 cm³/mol. The molecule has 78 valence electrons. The topological polar surface area (TPSA) is 3.24 Å². The molecule has 0 radical (unpaired) electrons. The summed E-state index contributed by atoms with van der Waals surface area (Å²) < 4.78 is 36.7. The van der Waals surface area contributed by atoms with Gasteiger partial charge in [0.05, 0.1) is 0 Å². The van der Waals surface area contributed by atoms with Crippen LogP contribution in [0.2, 0.25) is 0 Å². The molecule has 0 saturated carbocycles. The standard InChI is InChI=1S/C9H12BF3N/c1-14(2)7-8-3-5-9(6-4-8)10(11,12)13/h3-6H,7H2,1-2H3/q-1. The minimum atomic E-state index is -4.86. The van der Waals surface area contributed by atoms with Gasteiger partial charge < -0.3 is 17.8 Å². The third-order valence-electron chi connectivity index (χ3n) is 1.86. The lowest BCUT2D eigenvalue weighted by molar-refractivity contribution is 0.402. The smallest absolute Gasteiger partial charge is 0.445 e. The average molecular weight is 202 g/mol. The Morgan fingerprint density at radius 1 is 1.07 bits per heavy atom. The third-order valence-corrected chi connectivity index (χ3v) is 1.86. The number of hydrogen-bond acceptors (Lipinski definition) is 1. The summed E-state index contributed by atoms with van der Waals surface area (Å²) >= 11 is 0. The maximum absolute atomic E-state index is 12.2. The average Bonchev–Trinajstić information content (AvgIpc) is 2.02. The monoisotopic (exact) mass is 202 g/mol. The van der Waals surface area contributed by atoms with E-state index < -0.39 is 12.4 Å². The van der Waals surface area contributed by atoms with Gasteiger partial charge in [0.15, 0.2) is 0 Å². The first-order chi connectivity index (χ1) is 6.39. The molecule has 0 fully saturated rings. The molecule has 5 heteroatoms. The van der Waals surface area contributed by atoms with E-state index in [1.54, 1.807) is 0 Å². The normalized spacial score (nSPS) is 12.1. The molecule has 0 aliphatic heterocycles. The molecule has 1 rings (SSSR count). The zero-order valence-electron chi connectivity index (χ0n) is 8.17. The second-order valence-corrected chi connectivity index (χ2v) is 3.55. The van der Waals surface area contributed by atoms with Crippen LogP contribution < -0.4 is 5.46 Å². The molecule has 0 saturated heterocycles. The fourth-order valence-electron chi connectivity index (χ4n) is 1.21. The van der Waals surface area contributed by atoms with Gasteiger partial charge in [0.2, 0.25) is 0 Å². The molecule has 0 N–H and O–H groups in total. The quantitative estimate of drug-likeness (QED) is 0.675. The van der Waals surface area contributed by atoms with Gasteiger partial charge in [0.1, 0.15) is 0 Å². The summed E-state index contributed by atoms with van der Waals surface area (Å²) in [4.78, 5) is 1.91. The van der Waals surface area contributed by atoms with Crippen LogP contribution in [0.1, 0.15) is 5.56 Å². The third kappa shape index (κ3) is 3.07. The Hall–Kier alpha value is -0.965. The number of hydrogen-bond donors (Lipinski definition) is 0. The van der Waals surface area contributed by atoms with Crippen molar-refractivity contribution < 1.29 is 12.9 Å². The first-order valence-electron chi connectivity index (χ1n) is 4.33. The van der Waals surface area contributed by atoms with Gasteiger partial charge in [-0.05, 0) is 19.7 Å². The van der Waals surface area contributed by atoms with Gasteiger partial charge in [-0.2, -0.15) is 0 Å². The molecule has 0 aromatic heterocycles. The molecule has 1 aromatic rings. The highest BCUT2D eigenvalue weighted by Crippen LogP contribution is 2.10. The van der Waals surface area contributed by atoms with E-state index in [2.05, 4.69) is 0 Å². The fourth-order valence-corrected chi connectivity index (χ4v) is 1.21. The van der Waals surface area contributed by atoms with Crippen molar-refractivity contribution >= 4 is 12.4 Å². The Balaban J connectivity index is 2.79. The zero-order chi connectivity index (χ0) is 10.8. The molecule has 0 spiro atoms. The van der Waals surface area contributed by atoms with E-state index in [9.17, 15) is 12.9 Å². The van der Waals surface area contributed by atoms with Crippen LogP contribution >= 0.6 is 0 Å². The molecule has 0 unspecified atom stereocenters. The molecular formula is C9H12BF3N-. The van der Waals surface area contributed by atoms with E-state index in [-0.39, 0.29) is 0 Å². The van der Waals surface area contributed by atoms with E-state index in [1.165, 1.54) is 12.1 Å². The minimum absolute atomic E-state index is 0.535. The summed E-state index contributed by atoms with van der Waals surface area (Å²) in [5.41, 5.74) is 0.353. The van der Waals surface area contributed by atoms with Crippen molar-refractivity contribution in [1.82, 2.24) is 4.90 Å². The Morgan fingerprint density at radius 2 is 1.57 bits per heavy atom. The summed E-state index contributed by atoms with van der Waals surface area (Å²) in [6.45, 7) is -4.20. The van der Waals surface area contributed by atoms with Crippen molar-refractivity contribution in [2.24, 2.45) is 0 Å². The van der Waals surface area contributed by atoms with Gasteiger partial charge in [-0.25, -0.2) is 0 Å². The van der Waals surface area contributed by atoms with Gasteiger partial charge in [-0.1, -0.05) is 24.3 Å².